The fourth-order valence-electron chi connectivity index (χ4n) is 3.43. The smallest absolute Gasteiger partial charge is 0.243 e. The highest BCUT2D eigenvalue weighted by Gasteiger charge is 2.35. The van der Waals surface area contributed by atoms with Gasteiger partial charge in [-0.05, 0) is 60.2 Å². The average Bonchev–Trinajstić information content (AvgIpc) is 3.20. The summed E-state index contributed by atoms with van der Waals surface area (Å²) in [5.74, 6) is -0.344. The minimum atomic E-state index is -0.474. The Morgan fingerprint density at radius 3 is 2.30 bits per heavy atom. The van der Waals surface area contributed by atoms with Crippen molar-refractivity contribution in [3.63, 3.8) is 0 Å². The van der Waals surface area contributed by atoms with Crippen LogP contribution in [0.2, 0.25) is 15.1 Å². The van der Waals surface area contributed by atoms with Crippen LogP contribution in [0.25, 0.3) is 0 Å². The van der Waals surface area contributed by atoms with Gasteiger partial charge in [-0.2, -0.15) is 0 Å². The Kier molecular flexibility index (Phi) is 7.28. The molecular weight excluding hydrogens is 485 g/mol. The molecule has 2 N–H and O–H groups in total. The molecule has 0 saturated carbocycles. The number of nitrogens with one attached hydrogen (secondary N) is 2. The van der Waals surface area contributed by atoms with E-state index in [1.54, 1.807) is 59.5 Å². The molecule has 0 bridgehead atoms. The van der Waals surface area contributed by atoms with Crippen LogP contribution < -0.4 is 20.5 Å². The van der Waals surface area contributed by atoms with E-state index in [0.29, 0.717) is 45.3 Å². The van der Waals surface area contributed by atoms with Crippen LogP contribution in [0.5, 0.6) is 5.75 Å². The van der Waals surface area contributed by atoms with Crippen LogP contribution in [0.1, 0.15) is 12.0 Å². The molecule has 3 aromatic carbocycles. The first-order valence-electron chi connectivity index (χ1n) is 10.2. The van der Waals surface area contributed by atoms with Crippen LogP contribution in [0, 0.1) is 5.92 Å². The van der Waals surface area contributed by atoms with Crippen molar-refractivity contribution in [1.82, 2.24) is 5.43 Å². The van der Waals surface area contributed by atoms with E-state index in [4.69, 9.17) is 39.5 Å². The molecule has 1 fully saturated rings. The summed E-state index contributed by atoms with van der Waals surface area (Å²) in [4.78, 5) is 26.5. The van der Waals surface area contributed by atoms with E-state index in [0.717, 1.165) is 5.56 Å². The molecule has 0 aromatic heterocycles. The molecule has 1 aliphatic rings. The molecule has 9 heteroatoms. The number of rotatable bonds is 7. The monoisotopic (exact) mass is 503 g/mol. The van der Waals surface area contributed by atoms with Crippen molar-refractivity contribution >= 4 is 58.0 Å². The van der Waals surface area contributed by atoms with Gasteiger partial charge in [-0.15, -0.1) is 0 Å². The van der Waals surface area contributed by atoms with Crippen LogP contribution in [0.15, 0.2) is 66.7 Å². The molecule has 0 spiro atoms. The van der Waals surface area contributed by atoms with E-state index < -0.39 is 5.92 Å². The lowest BCUT2D eigenvalue weighted by Gasteiger charge is -2.17. The number of halogens is 3. The molecule has 33 heavy (non-hydrogen) atoms. The molecule has 0 aliphatic carbocycles. The average molecular weight is 505 g/mol. The maximum absolute atomic E-state index is 12.6. The molecule has 1 heterocycles. The zero-order chi connectivity index (χ0) is 23.4. The lowest BCUT2D eigenvalue weighted by atomic mass is 10.1. The number of benzene rings is 3. The number of ether oxygens (including phenoxy) is 1. The Labute approximate surface area is 206 Å². The van der Waals surface area contributed by atoms with E-state index in [1.165, 1.54) is 0 Å². The van der Waals surface area contributed by atoms with Gasteiger partial charge in [-0.25, -0.2) is 0 Å². The molecular formula is C24H20Cl3N3O3. The van der Waals surface area contributed by atoms with E-state index in [9.17, 15) is 9.59 Å². The molecule has 1 atom stereocenters. The summed E-state index contributed by atoms with van der Waals surface area (Å²) in [6.45, 7) is 0.645. The third-order valence-corrected chi connectivity index (χ3v) is 6.00. The predicted octanol–water partition coefficient (Wildman–Crippen LogP) is 5.72. The minimum Gasteiger partial charge on any atom is -0.487 e. The van der Waals surface area contributed by atoms with Gasteiger partial charge in [0.1, 0.15) is 12.4 Å². The summed E-state index contributed by atoms with van der Waals surface area (Å²) >= 11 is 18.1. The quantitative estimate of drug-likeness (QED) is 0.404. The van der Waals surface area contributed by atoms with Gasteiger partial charge in [0.25, 0.3) is 0 Å². The lowest BCUT2D eigenvalue weighted by Crippen LogP contribution is -2.36. The van der Waals surface area contributed by atoms with Gasteiger partial charge in [-0.3, -0.25) is 20.4 Å². The van der Waals surface area contributed by atoms with Crippen molar-refractivity contribution < 1.29 is 14.3 Å². The summed E-state index contributed by atoms with van der Waals surface area (Å²) in [5.41, 5.74) is 7.76. The molecule has 170 valence electrons. The summed E-state index contributed by atoms with van der Waals surface area (Å²) in [6.07, 6.45) is 0.133. The number of hydrazine groups is 1. The summed E-state index contributed by atoms with van der Waals surface area (Å²) in [6, 6.07) is 19.4. The third kappa shape index (κ3) is 5.90. The number of amides is 2. The van der Waals surface area contributed by atoms with Gasteiger partial charge < -0.3 is 9.64 Å². The summed E-state index contributed by atoms with van der Waals surface area (Å²) in [7, 11) is 0. The molecule has 0 radical (unpaired) electrons. The van der Waals surface area contributed by atoms with Gasteiger partial charge in [0, 0.05) is 28.7 Å². The molecule has 6 nitrogen and oxygen atoms in total. The molecule has 2 amide bonds. The van der Waals surface area contributed by atoms with Crippen LogP contribution in [-0.2, 0) is 16.2 Å². The van der Waals surface area contributed by atoms with Gasteiger partial charge in [0.2, 0.25) is 11.8 Å². The maximum Gasteiger partial charge on any atom is 0.243 e. The number of nitrogens with zero attached hydrogens (tertiary/aromatic N) is 1. The van der Waals surface area contributed by atoms with Crippen LogP contribution >= 0.6 is 34.8 Å². The van der Waals surface area contributed by atoms with Crippen LogP contribution in [0.4, 0.5) is 11.4 Å². The second-order valence-corrected chi connectivity index (χ2v) is 8.84. The first-order valence-corrected chi connectivity index (χ1v) is 11.3. The van der Waals surface area contributed by atoms with Crippen molar-refractivity contribution in [2.45, 2.75) is 13.0 Å². The minimum absolute atomic E-state index is 0.109. The SMILES string of the molecule is O=C(NNc1ccc(OCc2ccc(Cl)cc2)c(Cl)c1)[C@@H]1CC(=O)N(c2ccc(Cl)cc2)C1. The molecule has 4 rings (SSSR count). The summed E-state index contributed by atoms with van der Waals surface area (Å²) in [5, 5.41) is 1.64. The van der Waals surface area contributed by atoms with Gasteiger partial charge >= 0.3 is 0 Å². The molecule has 1 saturated heterocycles. The highest BCUT2D eigenvalue weighted by Crippen LogP contribution is 2.29. The molecule has 0 unspecified atom stereocenters. The van der Waals surface area contributed by atoms with E-state index in [1.807, 2.05) is 12.1 Å². The zero-order valence-electron chi connectivity index (χ0n) is 17.4. The highest BCUT2D eigenvalue weighted by atomic mass is 35.5. The zero-order valence-corrected chi connectivity index (χ0v) is 19.6. The summed E-state index contributed by atoms with van der Waals surface area (Å²) < 4.78 is 5.76. The largest absolute Gasteiger partial charge is 0.487 e. The number of hydrogen-bond acceptors (Lipinski definition) is 4. The second-order valence-electron chi connectivity index (χ2n) is 7.56. The van der Waals surface area contributed by atoms with Crippen molar-refractivity contribution in [2.75, 3.05) is 16.9 Å². The Balaban J connectivity index is 1.30. The number of carbonyl (C=O) groups is 2. The number of carbonyl (C=O) groups excluding carboxylic acids is 2. The third-order valence-electron chi connectivity index (χ3n) is 5.20. The van der Waals surface area contributed by atoms with Crippen molar-refractivity contribution in [3.8, 4) is 5.75 Å². The fraction of sp³-hybridized carbons (Fsp3) is 0.167. The predicted molar refractivity (Wildman–Crippen MR) is 131 cm³/mol. The van der Waals surface area contributed by atoms with Crippen LogP contribution in [-0.4, -0.2) is 18.4 Å². The van der Waals surface area contributed by atoms with Gasteiger partial charge in [0.15, 0.2) is 0 Å². The fourth-order valence-corrected chi connectivity index (χ4v) is 3.91. The topological polar surface area (TPSA) is 70.7 Å². The Hall–Kier alpha value is -2.93. The maximum atomic E-state index is 12.6. The van der Waals surface area contributed by atoms with Gasteiger partial charge in [0.05, 0.1) is 16.6 Å². The van der Waals surface area contributed by atoms with Crippen molar-refractivity contribution in [1.29, 1.82) is 0 Å². The van der Waals surface area contributed by atoms with Crippen molar-refractivity contribution in [2.24, 2.45) is 5.92 Å². The van der Waals surface area contributed by atoms with Gasteiger partial charge in [-0.1, -0.05) is 46.9 Å². The van der Waals surface area contributed by atoms with Crippen LogP contribution in [0.3, 0.4) is 0 Å². The standard InChI is InChI=1S/C24H20Cl3N3O3/c25-17-3-1-15(2-4-17)14-33-22-10-7-19(12-21(22)27)28-29-24(32)16-11-23(31)30(13-16)20-8-5-18(26)6-9-20/h1-10,12,16,28H,11,13-14H2,(H,29,32)/t16-/m1/s1. The molecule has 3 aromatic rings. The number of hydrogen-bond donors (Lipinski definition) is 2. The van der Waals surface area contributed by atoms with Crippen molar-refractivity contribution in [3.05, 3.63) is 87.4 Å². The molecule has 1 aliphatic heterocycles. The normalized spacial score (nSPS) is 15.4. The first kappa shape index (κ1) is 23.2. The van der Waals surface area contributed by atoms with E-state index in [-0.39, 0.29) is 18.2 Å². The highest BCUT2D eigenvalue weighted by molar-refractivity contribution is 6.32. The lowest BCUT2D eigenvalue weighted by molar-refractivity contribution is -0.125. The van der Waals surface area contributed by atoms with E-state index in [2.05, 4.69) is 10.9 Å². The Morgan fingerprint density at radius 2 is 1.64 bits per heavy atom. The number of anilines is 2. The Bertz CT molecular complexity index is 1150. The van der Waals surface area contributed by atoms with E-state index >= 15 is 0 Å². The first-order chi connectivity index (χ1) is 15.9. The second kappa shape index (κ2) is 10.3. The Morgan fingerprint density at radius 1 is 0.970 bits per heavy atom.